The van der Waals surface area contributed by atoms with Crippen molar-refractivity contribution >= 4 is 15.9 Å². The van der Waals surface area contributed by atoms with E-state index in [1.54, 1.807) is 0 Å². The quantitative estimate of drug-likeness (QED) is 0.707. The fraction of sp³-hybridized carbons (Fsp3) is 0.632. The van der Waals surface area contributed by atoms with Crippen LogP contribution in [-0.4, -0.2) is 49.7 Å². The van der Waals surface area contributed by atoms with Crippen LogP contribution in [0.2, 0.25) is 0 Å². The van der Waals surface area contributed by atoms with Crippen LogP contribution >= 0.6 is 0 Å². The molecule has 1 aromatic rings. The molecule has 2 N–H and O–H groups in total. The highest BCUT2D eigenvalue weighted by atomic mass is 32.2. The summed E-state index contributed by atoms with van der Waals surface area (Å²) in [6.07, 6.45) is 2.21. The molecule has 2 heterocycles. The molecular formula is C19H28N2O5S. The summed E-state index contributed by atoms with van der Waals surface area (Å²) in [5.41, 5.74) is 6.16. The van der Waals surface area contributed by atoms with E-state index < -0.39 is 10.0 Å². The normalized spacial score (nSPS) is 20.1. The largest absolute Gasteiger partial charge is 0.490 e. The van der Waals surface area contributed by atoms with Crippen LogP contribution in [0.4, 0.5) is 0 Å². The topological polar surface area (TPSA) is 98.9 Å². The van der Waals surface area contributed by atoms with E-state index in [1.807, 2.05) is 32.0 Å². The third-order valence-electron chi connectivity index (χ3n) is 5.11. The first-order valence-corrected chi connectivity index (χ1v) is 11.0. The molecule has 0 unspecified atom stereocenters. The van der Waals surface area contributed by atoms with Crippen LogP contribution in [0.3, 0.4) is 0 Å². The van der Waals surface area contributed by atoms with Crippen molar-refractivity contribution in [2.75, 3.05) is 25.4 Å². The Balaban J connectivity index is 1.48. The molecule has 1 aromatic carbocycles. The molecule has 2 aliphatic heterocycles. The first kappa shape index (κ1) is 19.9. The summed E-state index contributed by atoms with van der Waals surface area (Å²) < 4.78 is 38.2. The molecule has 1 amide bonds. The Morgan fingerprint density at radius 1 is 1.33 bits per heavy atom. The van der Waals surface area contributed by atoms with Gasteiger partial charge in [0, 0.05) is 31.0 Å². The predicted molar refractivity (Wildman–Crippen MR) is 102 cm³/mol. The maximum atomic E-state index is 12.5. The monoisotopic (exact) mass is 396 g/mol. The zero-order valence-corrected chi connectivity index (χ0v) is 16.8. The van der Waals surface area contributed by atoms with Crippen LogP contribution in [0.25, 0.3) is 0 Å². The number of nitrogens with zero attached hydrogens (tertiary/aromatic N) is 1. The minimum atomic E-state index is -3.35. The van der Waals surface area contributed by atoms with Gasteiger partial charge < -0.3 is 15.2 Å². The number of fused-ring (bicyclic) bond motifs is 1. The Morgan fingerprint density at radius 2 is 2.04 bits per heavy atom. The van der Waals surface area contributed by atoms with Gasteiger partial charge in [-0.3, -0.25) is 4.79 Å². The van der Waals surface area contributed by atoms with E-state index in [-0.39, 0.29) is 23.2 Å². The number of hydrogen-bond acceptors (Lipinski definition) is 5. The zero-order valence-electron chi connectivity index (χ0n) is 15.9. The van der Waals surface area contributed by atoms with Crippen molar-refractivity contribution in [3.63, 3.8) is 0 Å². The zero-order chi connectivity index (χ0) is 19.7. The molecule has 150 valence electrons. The van der Waals surface area contributed by atoms with E-state index in [4.69, 9.17) is 15.2 Å². The minimum Gasteiger partial charge on any atom is -0.490 e. The standard InChI is InChI=1S/C19H28N2O5S/c1-19(2)13-15-5-3-6-16(17(15)26-19)25-11-4-12-27(23,24)21-9-7-14(8-10-21)18(20)22/h3,5-6,14H,4,7-13H2,1-2H3,(H2,20,22). The Bertz CT molecular complexity index is 798. The molecule has 0 saturated carbocycles. The molecule has 27 heavy (non-hydrogen) atoms. The second-order valence-electron chi connectivity index (χ2n) is 7.88. The lowest BCUT2D eigenvalue weighted by molar-refractivity contribution is -0.122. The smallest absolute Gasteiger partial charge is 0.220 e. The van der Waals surface area contributed by atoms with Crippen molar-refractivity contribution in [2.45, 2.75) is 45.1 Å². The van der Waals surface area contributed by atoms with E-state index in [1.165, 1.54) is 4.31 Å². The Hall–Kier alpha value is -1.80. The first-order chi connectivity index (χ1) is 12.7. The number of carbonyl (C=O) groups excluding carboxylic acids is 1. The molecule has 3 rings (SSSR count). The number of hydrogen-bond donors (Lipinski definition) is 1. The summed E-state index contributed by atoms with van der Waals surface area (Å²) >= 11 is 0. The Morgan fingerprint density at radius 3 is 2.70 bits per heavy atom. The van der Waals surface area contributed by atoms with Crippen LogP contribution in [0.1, 0.15) is 38.7 Å². The van der Waals surface area contributed by atoms with Gasteiger partial charge in [-0.25, -0.2) is 12.7 Å². The maximum absolute atomic E-state index is 12.5. The summed E-state index contributed by atoms with van der Waals surface area (Å²) in [7, 11) is -3.35. The number of rotatable bonds is 7. The molecule has 8 heteroatoms. The number of ether oxygens (including phenoxy) is 2. The second kappa shape index (κ2) is 7.67. The minimum absolute atomic E-state index is 0.0234. The average molecular weight is 397 g/mol. The maximum Gasteiger partial charge on any atom is 0.220 e. The molecule has 0 bridgehead atoms. The predicted octanol–water partition coefficient (Wildman–Crippen LogP) is 1.70. The van der Waals surface area contributed by atoms with E-state index in [0.717, 1.165) is 17.7 Å². The van der Waals surface area contributed by atoms with Crippen molar-refractivity contribution in [3.8, 4) is 11.5 Å². The van der Waals surface area contributed by atoms with Crippen LogP contribution < -0.4 is 15.2 Å². The number of nitrogens with two attached hydrogens (primary N) is 1. The number of amides is 1. The molecule has 0 aliphatic carbocycles. The number of primary amides is 1. The Kier molecular flexibility index (Phi) is 5.67. The van der Waals surface area contributed by atoms with Crippen LogP contribution in [0, 0.1) is 5.92 Å². The number of carbonyl (C=O) groups is 1. The Labute approximate surface area is 160 Å². The summed E-state index contributed by atoms with van der Waals surface area (Å²) in [5, 5.41) is 0. The van der Waals surface area contributed by atoms with E-state index in [2.05, 4.69) is 0 Å². The lowest BCUT2D eigenvalue weighted by Crippen LogP contribution is -2.42. The van der Waals surface area contributed by atoms with Crippen LogP contribution in [0.5, 0.6) is 11.5 Å². The van der Waals surface area contributed by atoms with Crippen LogP contribution in [-0.2, 0) is 21.2 Å². The molecule has 0 aromatic heterocycles. The number of sulfonamides is 1. The van der Waals surface area contributed by atoms with Gasteiger partial charge in [0.2, 0.25) is 15.9 Å². The molecular weight excluding hydrogens is 368 g/mol. The van der Waals surface area contributed by atoms with Crippen molar-refractivity contribution in [1.29, 1.82) is 0 Å². The molecule has 1 saturated heterocycles. The van der Waals surface area contributed by atoms with Gasteiger partial charge in [0.1, 0.15) is 5.60 Å². The van der Waals surface area contributed by atoms with E-state index in [0.29, 0.717) is 44.7 Å². The average Bonchev–Trinajstić information content (AvgIpc) is 2.93. The SMILES string of the molecule is CC1(C)Cc2cccc(OCCCS(=O)(=O)N3CCC(C(N)=O)CC3)c2O1. The number of benzene rings is 1. The molecule has 0 atom stereocenters. The van der Waals surface area contributed by atoms with Gasteiger partial charge in [0.25, 0.3) is 0 Å². The highest BCUT2D eigenvalue weighted by molar-refractivity contribution is 7.89. The van der Waals surface area contributed by atoms with Gasteiger partial charge in [0.05, 0.1) is 12.4 Å². The highest BCUT2D eigenvalue weighted by Crippen LogP contribution is 2.41. The van der Waals surface area contributed by atoms with E-state index in [9.17, 15) is 13.2 Å². The fourth-order valence-corrected chi connectivity index (χ4v) is 5.18. The first-order valence-electron chi connectivity index (χ1n) is 9.39. The second-order valence-corrected chi connectivity index (χ2v) is 9.97. The van der Waals surface area contributed by atoms with Gasteiger partial charge in [-0.15, -0.1) is 0 Å². The summed E-state index contributed by atoms with van der Waals surface area (Å²) in [5.74, 6) is 0.886. The lowest BCUT2D eigenvalue weighted by atomic mass is 9.98. The molecule has 0 radical (unpaired) electrons. The van der Waals surface area contributed by atoms with Crippen molar-refractivity contribution in [2.24, 2.45) is 11.7 Å². The number of para-hydroxylation sites is 1. The van der Waals surface area contributed by atoms with E-state index >= 15 is 0 Å². The summed E-state index contributed by atoms with van der Waals surface area (Å²) in [6.45, 7) is 5.07. The van der Waals surface area contributed by atoms with Gasteiger partial charge >= 0.3 is 0 Å². The summed E-state index contributed by atoms with van der Waals surface area (Å²) in [4.78, 5) is 11.2. The highest BCUT2D eigenvalue weighted by Gasteiger charge is 2.32. The lowest BCUT2D eigenvalue weighted by Gasteiger charge is -2.29. The van der Waals surface area contributed by atoms with Crippen molar-refractivity contribution in [1.82, 2.24) is 4.31 Å². The molecule has 0 spiro atoms. The fourth-order valence-electron chi connectivity index (χ4n) is 3.67. The summed E-state index contributed by atoms with van der Waals surface area (Å²) in [6, 6.07) is 5.80. The molecule has 1 fully saturated rings. The van der Waals surface area contributed by atoms with Gasteiger partial charge in [-0.2, -0.15) is 0 Å². The number of piperidine rings is 1. The van der Waals surface area contributed by atoms with Gasteiger partial charge in [0.15, 0.2) is 11.5 Å². The molecule has 2 aliphatic rings. The van der Waals surface area contributed by atoms with Gasteiger partial charge in [-0.05, 0) is 39.2 Å². The molecule has 7 nitrogen and oxygen atoms in total. The van der Waals surface area contributed by atoms with Crippen molar-refractivity contribution < 1.29 is 22.7 Å². The van der Waals surface area contributed by atoms with Gasteiger partial charge in [-0.1, -0.05) is 12.1 Å². The third-order valence-corrected chi connectivity index (χ3v) is 7.07. The van der Waals surface area contributed by atoms with Crippen LogP contribution in [0.15, 0.2) is 18.2 Å². The van der Waals surface area contributed by atoms with Crippen molar-refractivity contribution in [3.05, 3.63) is 23.8 Å². The third kappa shape index (κ3) is 4.73.